The molecule has 1 aromatic rings. The van der Waals surface area contributed by atoms with Gasteiger partial charge in [0.15, 0.2) is 0 Å². The summed E-state index contributed by atoms with van der Waals surface area (Å²) in [7, 11) is 0.363. The first-order valence-corrected chi connectivity index (χ1v) is 9.64. The highest BCUT2D eigenvalue weighted by Crippen LogP contribution is 2.56. The molecule has 0 bridgehead atoms. The number of nitrogens with one attached hydrogen (secondary N) is 2. The molecule has 1 aromatic carbocycles. The van der Waals surface area contributed by atoms with Gasteiger partial charge >= 0.3 is 7.48 Å². The average Bonchev–Trinajstić information content (AvgIpc) is 2.99. The van der Waals surface area contributed by atoms with E-state index >= 15 is 0 Å². The summed E-state index contributed by atoms with van der Waals surface area (Å²) in [6.45, 7) is 10.5. The van der Waals surface area contributed by atoms with Gasteiger partial charge in [-0.2, -0.15) is 0 Å². The van der Waals surface area contributed by atoms with Crippen LogP contribution < -0.4 is 16.1 Å². The first kappa shape index (κ1) is 19.2. The molecule has 0 aromatic heterocycles. The van der Waals surface area contributed by atoms with Gasteiger partial charge in [-0.25, -0.2) is 4.39 Å². The van der Waals surface area contributed by atoms with E-state index in [-0.39, 0.29) is 22.6 Å². The van der Waals surface area contributed by atoms with Gasteiger partial charge in [-0.05, 0) is 53.8 Å². The fraction of sp³-hybridized carbons (Fsp3) is 0.650. The molecule has 0 unspecified atom stereocenters. The zero-order chi connectivity index (χ0) is 18.9. The van der Waals surface area contributed by atoms with E-state index in [1.54, 1.807) is 0 Å². The summed E-state index contributed by atoms with van der Waals surface area (Å²) in [6, 6.07) is 3.48. The average molecular weight is 360 g/mol. The zero-order valence-electron chi connectivity index (χ0n) is 16.4. The van der Waals surface area contributed by atoms with Gasteiger partial charge in [-0.15, -0.1) is 0 Å². The van der Waals surface area contributed by atoms with Crippen LogP contribution in [-0.4, -0.2) is 26.5 Å². The van der Waals surface area contributed by atoms with Crippen LogP contribution in [0, 0.1) is 22.6 Å². The van der Waals surface area contributed by atoms with Crippen LogP contribution >= 0.6 is 0 Å². The predicted molar refractivity (Wildman–Crippen MR) is 104 cm³/mol. The summed E-state index contributed by atoms with van der Waals surface area (Å²) in [6.07, 6.45) is 2.74. The van der Waals surface area contributed by atoms with Crippen molar-refractivity contribution in [1.82, 2.24) is 5.32 Å². The molecule has 1 amide bonds. The lowest BCUT2D eigenvalue weighted by Crippen LogP contribution is -2.56. The third kappa shape index (κ3) is 3.61. The smallest absolute Gasteiger partial charge is 0.312 e. The molecule has 1 fully saturated rings. The van der Waals surface area contributed by atoms with E-state index in [9.17, 15) is 9.18 Å². The SMILES string of the molecule is CC1CC(C(=O)NCCCNc2cc(F)c3c(c2)COB3)(C(C)(C)C)C1. The fourth-order valence-electron chi connectivity index (χ4n) is 4.31. The van der Waals surface area contributed by atoms with Crippen LogP contribution in [0.2, 0.25) is 0 Å². The van der Waals surface area contributed by atoms with Gasteiger partial charge in [0.2, 0.25) is 5.91 Å². The number of anilines is 1. The van der Waals surface area contributed by atoms with Crippen molar-refractivity contribution in [3.63, 3.8) is 0 Å². The van der Waals surface area contributed by atoms with Crippen molar-refractivity contribution in [3.05, 3.63) is 23.5 Å². The first-order chi connectivity index (χ1) is 12.2. The summed E-state index contributed by atoms with van der Waals surface area (Å²) >= 11 is 0. The van der Waals surface area contributed by atoms with Crippen molar-refractivity contribution >= 4 is 24.5 Å². The third-order valence-corrected chi connectivity index (χ3v) is 6.02. The van der Waals surface area contributed by atoms with E-state index in [0.717, 1.165) is 30.5 Å². The number of amides is 1. The summed E-state index contributed by atoms with van der Waals surface area (Å²) in [5, 5.41) is 6.36. The van der Waals surface area contributed by atoms with E-state index in [1.165, 1.54) is 6.07 Å². The Morgan fingerprint density at radius 2 is 2.08 bits per heavy atom. The molecule has 2 N–H and O–H groups in total. The lowest BCUT2D eigenvalue weighted by Gasteiger charge is -2.53. The minimum atomic E-state index is -0.233. The number of rotatable bonds is 6. The number of fused-ring (bicyclic) bond motifs is 1. The molecular formula is C20H30BFN2O2. The molecule has 1 aliphatic carbocycles. The first-order valence-electron chi connectivity index (χ1n) is 9.64. The predicted octanol–water partition coefficient (Wildman–Crippen LogP) is 2.71. The number of hydrogen-bond acceptors (Lipinski definition) is 3. The van der Waals surface area contributed by atoms with Crippen LogP contribution in [0.3, 0.4) is 0 Å². The molecule has 1 heterocycles. The van der Waals surface area contributed by atoms with Crippen molar-refractivity contribution in [1.29, 1.82) is 0 Å². The Labute approximate surface area is 156 Å². The molecule has 142 valence electrons. The third-order valence-electron chi connectivity index (χ3n) is 6.02. The largest absolute Gasteiger partial charge is 0.430 e. The summed E-state index contributed by atoms with van der Waals surface area (Å²) in [5.41, 5.74) is 2.11. The molecule has 2 aliphatic rings. The molecule has 0 saturated heterocycles. The monoisotopic (exact) mass is 360 g/mol. The van der Waals surface area contributed by atoms with Crippen molar-refractivity contribution in [2.24, 2.45) is 16.7 Å². The molecule has 1 saturated carbocycles. The van der Waals surface area contributed by atoms with Crippen molar-refractivity contribution in [2.45, 2.75) is 53.6 Å². The van der Waals surface area contributed by atoms with Gasteiger partial charge in [-0.3, -0.25) is 4.79 Å². The highest BCUT2D eigenvalue weighted by atomic mass is 19.1. The maximum Gasteiger partial charge on any atom is 0.312 e. The highest BCUT2D eigenvalue weighted by molar-refractivity contribution is 6.49. The number of carbonyl (C=O) groups is 1. The normalized spacial score (nSPS) is 24.4. The Balaban J connectivity index is 1.45. The van der Waals surface area contributed by atoms with Crippen LogP contribution in [-0.2, 0) is 16.1 Å². The Hall–Kier alpha value is -1.56. The van der Waals surface area contributed by atoms with Crippen LogP contribution in [0.25, 0.3) is 0 Å². The van der Waals surface area contributed by atoms with Crippen molar-refractivity contribution in [2.75, 3.05) is 18.4 Å². The van der Waals surface area contributed by atoms with Gasteiger partial charge in [0.25, 0.3) is 0 Å². The molecule has 0 spiro atoms. The van der Waals surface area contributed by atoms with Gasteiger partial charge in [0, 0.05) is 18.8 Å². The number of hydrogen-bond donors (Lipinski definition) is 2. The molecule has 1 aliphatic heterocycles. The Kier molecular flexibility index (Phi) is 5.34. The van der Waals surface area contributed by atoms with E-state index in [0.29, 0.717) is 38.6 Å². The van der Waals surface area contributed by atoms with E-state index in [4.69, 9.17) is 4.65 Å². The molecule has 0 radical (unpaired) electrons. The molecule has 4 nitrogen and oxygen atoms in total. The highest BCUT2D eigenvalue weighted by Gasteiger charge is 2.55. The second kappa shape index (κ2) is 7.22. The summed E-state index contributed by atoms with van der Waals surface area (Å²) in [5.74, 6) is 0.603. The van der Waals surface area contributed by atoms with Crippen LogP contribution in [0.5, 0.6) is 0 Å². The van der Waals surface area contributed by atoms with E-state index in [1.807, 2.05) is 6.07 Å². The summed E-state index contributed by atoms with van der Waals surface area (Å²) in [4.78, 5) is 12.8. The minimum absolute atomic E-state index is 0.0220. The van der Waals surface area contributed by atoms with Crippen LogP contribution in [0.1, 0.15) is 52.5 Å². The fourth-order valence-corrected chi connectivity index (χ4v) is 4.31. The van der Waals surface area contributed by atoms with Crippen molar-refractivity contribution < 1.29 is 13.8 Å². The molecule has 26 heavy (non-hydrogen) atoms. The number of carbonyl (C=O) groups excluding carboxylic acids is 1. The topological polar surface area (TPSA) is 50.4 Å². The van der Waals surface area contributed by atoms with Gasteiger partial charge in [0.1, 0.15) is 5.82 Å². The van der Waals surface area contributed by atoms with Crippen LogP contribution in [0.15, 0.2) is 12.1 Å². The summed E-state index contributed by atoms with van der Waals surface area (Å²) < 4.78 is 19.3. The zero-order valence-corrected chi connectivity index (χ0v) is 16.4. The van der Waals surface area contributed by atoms with Crippen molar-refractivity contribution in [3.8, 4) is 0 Å². The second-order valence-electron chi connectivity index (χ2n) is 8.97. The molecular weight excluding hydrogens is 330 g/mol. The molecule has 0 atom stereocenters. The number of halogens is 1. The van der Waals surface area contributed by atoms with E-state index < -0.39 is 0 Å². The maximum atomic E-state index is 14.0. The lowest BCUT2D eigenvalue weighted by molar-refractivity contribution is -0.151. The second-order valence-corrected chi connectivity index (χ2v) is 8.97. The maximum absolute atomic E-state index is 14.0. The molecule has 3 rings (SSSR count). The van der Waals surface area contributed by atoms with Gasteiger partial charge in [0.05, 0.1) is 12.0 Å². The van der Waals surface area contributed by atoms with Gasteiger partial charge < -0.3 is 15.3 Å². The number of benzene rings is 1. The lowest BCUT2D eigenvalue weighted by atomic mass is 9.51. The van der Waals surface area contributed by atoms with Gasteiger partial charge in [-0.1, -0.05) is 27.7 Å². The van der Waals surface area contributed by atoms with Crippen LogP contribution in [0.4, 0.5) is 10.1 Å². The minimum Gasteiger partial charge on any atom is -0.430 e. The Morgan fingerprint density at radius 1 is 1.35 bits per heavy atom. The Morgan fingerprint density at radius 3 is 2.73 bits per heavy atom. The quantitative estimate of drug-likeness (QED) is 0.606. The molecule has 6 heteroatoms. The van der Waals surface area contributed by atoms with E-state index in [2.05, 4.69) is 38.3 Å². The Bertz CT molecular complexity index is 681. The standard InChI is InChI=1S/C20H30BFN2O2/c1-13-10-20(11-13,19(2,3)4)18(25)24-7-5-6-23-15-8-14-12-26-21-17(14)16(22)9-15/h8-9,13,21,23H,5-7,10-12H2,1-4H3,(H,24,25).